The van der Waals surface area contributed by atoms with Gasteiger partial charge in [-0.25, -0.2) is 22.9 Å². The normalized spacial score (nSPS) is 29.8. The van der Waals surface area contributed by atoms with E-state index >= 15 is 0 Å². The molecule has 1 spiro atoms. The van der Waals surface area contributed by atoms with Crippen LogP contribution >= 0.6 is 11.7 Å². The van der Waals surface area contributed by atoms with Crippen LogP contribution in [0.1, 0.15) is 44.2 Å². The Labute approximate surface area is 154 Å². The van der Waals surface area contributed by atoms with Gasteiger partial charge in [0, 0.05) is 13.1 Å². The minimum absolute atomic E-state index is 0.00252. The van der Waals surface area contributed by atoms with Gasteiger partial charge in [-0.2, -0.15) is 8.75 Å². The summed E-state index contributed by atoms with van der Waals surface area (Å²) in [7, 11) is -3.61. The number of unbranched alkanes of at least 4 members (excludes halogenated alkanes) is 1. The van der Waals surface area contributed by atoms with E-state index in [4.69, 9.17) is 9.47 Å². The number of sulfone groups is 1. The molecule has 1 unspecified atom stereocenters. The Morgan fingerprint density at radius 2 is 1.85 bits per heavy atom. The molecule has 4 aliphatic heterocycles. The predicted molar refractivity (Wildman–Crippen MR) is 88.8 cm³/mol. The number of nitrogens with zero attached hydrogens (tertiary/aromatic N) is 3. The van der Waals surface area contributed by atoms with Crippen molar-refractivity contribution in [3.8, 4) is 0 Å². The summed E-state index contributed by atoms with van der Waals surface area (Å²) in [5, 5.41) is -0.0759. The highest BCUT2D eigenvalue weighted by Gasteiger charge is 2.66. The molecule has 26 heavy (non-hydrogen) atoms. The lowest BCUT2D eigenvalue weighted by Crippen LogP contribution is -2.64. The molecule has 9 nitrogen and oxygen atoms in total. The van der Waals surface area contributed by atoms with Crippen molar-refractivity contribution in [3.63, 3.8) is 0 Å². The molecule has 11 heteroatoms. The summed E-state index contributed by atoms with van der Waals surface area (Å²) < 4.78 is 44.5. The van der Waals surface area contributed by atoms with Gasteiger partial charge in [0.25, 0.3) is 0 Å². The Kier molecular flexibility index (Phi) is 4.27. The summed E-state index contributed by atoms with van der Waals surface area (Å²) in [6.07, 6.45) is 2.83. The molecule has 0 saturated carbocycles. The van der Waals surface area contributed by atoms with Crippen LogP contribution in [0.5, 0.6) is 0 Å². The first-order valence-electron chi connectivity index (χ1n) is 8.65. The number of hydrogen-bond acceptors (Lipinski definition) is 10. The minimum atomic E-state index is -3.61. The Morgan fingerprint density at radius 1 is 1.19 bits per heavy atom. The Bertz CT molecular complexity index is 827. The Balaban J connectivity index is 1.79. The second-order valence-electron chi connectivity index (χ2n) is 6.84. The van der Waals surface area contributed by atoms with E-state index in [9.17, 15) is 18.0 Å². The van der Waals surface area contributed by atoms with Crippen molar-refractivity contribution < 1.29 is 27.5 Å². The number of esters is 2. The molecule has 142 valence electrons. The molecule has 0 aliphatic carbocycles. The number of ether oxygens (including phenoxy) is 2. The SMILES string of the molecule is CCCCS(=O)(=O)c1nsnc1C1C2CCN(CC2)C12OC(=O)C(=O)O2. The van der Waals surface area contributed by atoms with Crippen molar-refractivity contribution in [2.45, 2.75) is 49.5 Å². The van der Waals surface area contributed by atoms with Gasteiger partial charge in [0.1, 0.15) is 11.6 Å². The van der Waals surface area contributed by atoms with E-state index in [0.717, 1.165) is 31.0 Å². The fourth-order valence-corrected chi connectivity index (χ4v) is 6.55. The van der Waals surface area contributed by atoms with Crippen LogP contribution in [0.2, 0.25) is 0 Å². The van der Waals surface area contributed by atoms with Crippen molar-refractivity contribution in [2.75, 3.05) is 18.8 Å². The molecule has 2 bridgehead atoms. The second-order valence-corrected chi connectivity index (χ2v) is 9.39. The van der Waals surface area contributed by atoms with Crippen LogP contribution in [0.15, 0.2) is 5.03 Å². The van der Waals surface area contributed by atoms with Gasteiger partial charge in [0.2, 0.25) is 0 Å². The molecule has 0 N–H and O–H groups in total. The molecule has 1 aromatic heterocycles. The van der Waals surface area contributed by atoms with Crippen LogP contribution in [0.25, 0.3) is 0 Å². The number of rotatable bonds is 5. The molecular formula is C15H19N3O6S2. The molecule has 0 amide bonds. The highest BCUT2D eigenvalue weighted by molar-refractivity contribution is 7.91. The van der Waals surface area contributed by atoms with E-state index in [1.165, 1.54) is 0 Å². The summed E-state index contributed by atoms with van der Waals surface area (Å²) in [4.78, 5) is 25.4. The first kappa shape index (κ1) is 17.8. The van der Waals surface area contributed by atoms with Crippen molar-refractivity contribution in [1.82, 2.24) is 13.6 Å². The predicted octanol–water partition coefficient (Wildman–Crippen LogP) is 0.675. The largest absolute Gasteiger partial charge is 0.421 e. The molecule has 5 heterocycles. The highest BCUT2D eigenvalue weighted by atomic mass is 32.2. The van der Waals surface area contributed by atoms with Crippen molar-refractivity contribution in [3.05, 3.63) is 5.69 Å². The fourth-order valence-electron chi connectivity index (χ4n) is 4.09. The number of hydrogen-bond donors (Lipinski definition) is 0. The Hall–Kier alpha value is -1.59. The number of fused-ring (bicyclic) bond motifs is 2. The highest BCUT2D eigenvalue weighted by Crippen LogP contribution is 2.53. The van der Waals surface area contributed by atoms with E-state index < -0.39 is 33.6 Å². The monoisotopic (exact) mass is 401 g/mol. The van der Waals surface area contributed by atoms with Gasteiger partial charge in [0.05, 0.1) is 17.5 Å². The molecule has 1 aromatic rings. The second kappa shape index (κ2) is 6.24. The molecule has 4 fully saturated rings. The van der Waals surface area contributed by atoms with Crippen LogP contribution in [0, 0.1) is 5.92 Å². The van der Waals surface area contributed by atoms with Crippen LogP contribution < -0.4 is 0 Å². The molecule has 1 atom stereocenters. The lowest BCUT2D eigenvalue weighted by molar-refractivity contribution is -0.300. The number of aromatic nitrogens is 2. The van der Waals surface area contributed by atoms with Gasteiger partial charge >= 0.3 is 17.8 Å². The number of piperidine rings is 3. The third-order valence-corrected chi connectivity index (χ3v) is 7.70. The number of carbonyl (C=O) groups excluding carboxylic acids is 2. The smallest absolute Gasteiger partial charge is 0.399 e. The van der Waals surface area contributed by atoms with Crippen molar-refractivity contribution in [2.24, 2.45) is 5.92 Å². The van der Waals surface area contributed by atoms with Gasteiger partial charge in [-0.3, -0.25) is 0 Å². The minimum Gasteiger partial charge on any atom is -0.399 e. The fraction of sp³-hybridized carbons (Fsp3) is 0.733. The quantitative estimate of drug-likeness (QED) is 0.518. The van der Waals surface area contributed by atoms with E-state index in [2.05, 4.69) is 8.75 Å². The van der Waals surface area contributed by atoms with Gasteiger partial charge in [-0.05, 0) is 25.2 Å². The van der Waals surface area contributed by atoms with Crippen LogP contribution in [-0.4, -0.2) is 58.8 Å². The molecular weight excluding hydrogens is 382 g/mol. The summed E-state index contributed by atoms with van der Waals surface area (Å²) in [6.45, 7) is 3.13. The zero-order chi connectivity index (χ0) is 18.5. The molecule has 0 radical (unpaired) electrons. The van der Waals surface area contributed by atoms with E-state index in [1.807, 2.05) is 6.92 Å². The van der Waals surface area contributed by atoms with E-state index in [-0.39, 0.29) is 22.4 Å². The van der Waals surface area contributed by atoms with Gasteiger partial charge in [0.15, 0.2) is 14.9 Å². The van der Waals surface area contributed by atoms with Crippen LogP contribution in [0.3, 0.4) is 0 Å². The van der Waals surface area contributed by atoms with E-state index in [1.54, 1.807) is 4.90 Å². The standard InChI is InChI=1S/C15H19N3O6S2/c1-2-3-8-26(21,22)12-11(16-25-17-12)10-9-4-6-18(7-5-9)15(10)23-13(19)14(20)24-15/h9-10H,2-8H2,1H3. The third-order valence-electron chi connectivity index (χ3n) is 5.33. The summed E-state index contributed by atoms with van der Waals surface area (Å²) in [5.74, 6) is -4.37. The maximum absolute atomic E-state index is 12.7. The molecule has 4 saturated heterocycles. The average Bonchev–Trinajstić information content (AvgIpc) is 3.20. The average molecular weight is 401 g/mol. The lowest BCUT2D eigenvalue weighted by Gasteiger charge is -2.53. The van der Waals surface area contributed by atoms with E-state index in [0.29, 0.717) is 19.5 Å². The lowest BCUT2D eigenvalue weighted by atomic mass is 9.74. The maximum atomic E-state index is 12.7. The maximum Gasteiger partial charge on any atom is 0.421 e. The summed E-state index contributed by atoms with van der Waals surface area (Å²) in [5.41, 5.74) is 0.253. The van der Waals surface area contributed by atoms with Crippen LogP contribution in [0.4, 0.5) is 0 Å². The summed E-state index contributed by atoms with van der Waals surface area (Å²) >= 11 is 0.813. The van der Waals surface area contributed by atoms with Crippen LogP contribution in [-0.2, 0) is 28.9 Å². The zero-order valence-electron chi connectivity index (χ0n) is 14.2. The van der Waals surface area contributed by atoms with Gasteiger partial charge < -0.3 is 9.47 Å². The number of carbonyl (C=O) groups is 2. The van der Waals surface area contributed by atoms with Crippen molar-refractivity contribution >= 4 is 33.5 Å². The van der Waals surface area contributed by atoms with Gasteiger partial charge in [-0.1, -0.05) is 13.3 Å². The topological polar surface area (TPSA) is 116 Å². The third kappa shape index (κ3) is 2.55. The molecule has 4 aliphatic rings. The molecule has 0 aromatic carbocycles. The molecule has 5 rings (SSSR count). The van der Waals surface area contributed by atoms with Crippen molar-refractivity contribution in [1.29, 1.82) is 0 Å². The zero-order valence-corrected chi connectivity index (χ0v) is 15.8. The Morgan fingerprint density at radius 3 is 2.46 bits per heavy atom. The first-order valence-corrected chi connectivity index (χ1v) is 11.0. The summed E-state index contributed by atoms with van der Waals surface area (Å²) in [6, 6.07) is 0. The first-order chi connectivity index (χ1) is 12.4. The van der Waals surface area contributed by atoms with Gasteiger partial charge in [-0.15, -0.1) is 0 Å².